The first-order chi connectivity index (χ1) is 8.78. The molecule has 0 unspecified atom stereocenters. The molecule has 0 radical (unpaired) electrons. The maximum atomic E-state index is 5.18. The molecule has 1 aromatic heterocycles. The fourth-order valence-corrected chi connectivity index (χ4v) is 1.77. The molecule has 96 valence electrons. The van der Waals surface area contributed by atoms with Gasteiger partial charge in [-0.25, -0.2) is 0 Å². The molecule has 1 heterocycles. The van der Waals surface area contributed by atoms with E-state index < -0.39 is 0 Å². The number of aromatic nitrogens is 2. The van der Waals surface area contributed by atoms with Gasteiger partial charge in [-0.3, -0.25) is 4.90 Å². The van der Waals surface area contributed by atoms with Crippen molar-refractivity contribution >= 4 is 0 Å². The third kappa shape index (κ3) is 3.67. The molecular weight excluding hydrogens is 226 g/mol. The van der Waals surface area contributed by atoms with Crippen LogP contribution in [0.4, 0.5) is 0 Å². The summed E-state index contributed by atoms with van der Waals surface area (Å²) in [6.07, 6.45) is 1.85. The van der Waals surface area contributed by atoms with Crippen LogP contribution >= 0.6 is 0 Å². The lowest BCUT2D eigenvalue weighted by atomic mass is 10.1. The number of likely N-dealkylation sites (N-methyl/N-ethyl adjacent to an activating group) is 1. The van der Waals surface area contributed by atoms with Crippen molar-refractivity contribution in [2.24, 2.45) is 0 Å². The molecule has 2 aromatic rings. The quantitative estimate of drug-likeness (QED) is 0.783. The summed E-state index contributed by atoms with van der Waals surface area (Å²) in [5.41, 5.74) is 1.35. The first-order valence-corrected chi connectivity index (χ1v) is 6.32. The lowest BCUT2D eigenvalue weighted by Crippen LogP contribution is -2.20. The Morgan fingerprint density at radius 2 is 2.00 bits per heavy atom. The van der Waals surface area contributed by atoms with Crippen LogP contribution in [0.3, 0.4) is 0 Å². The molecule has 4 heteroatoms. The number of benzene rings is 1. The molecule has 0 saturated heterocycles. The van der Waals surface area contributed by atoms with E-state index in [2.05, 4.69) is 46.4 Å². The van der Waals surface area contributed by atoms with Gasteiger partial charge in [0.1, 0.15) is 0 Å². The Balaban J connectivity index is 1.80. The Kier molecular flexibility index (Phi) is 4.47. The normalized spacial score (nSPS) is 11.1. The van der Waals surface area contributed by atoms with E-state index in [1.54, 1.807) is 0 Å². The highest BCUT2D eigenvalue weighted by Crippen LogP contribution is 2.04. The van der Waals surface area contributed by atoms with Gasteiger partial charge in [-0.15, -0.1) is 0 Å². The number of hydrogen-bond donors (Lipinski definition) is 0. The second-order valence-corrected chi connectivity index (χ2v) is 4.43. The molecule has 0 bridgehead atoms. The largest absolute Gasteiger partial charge is 0.338 e. The fourth-order valence-electron chi connectivity index (χ4n) is 1.77. The summed E-state index contributed by atoms with van der Waals surface area (Å²) in [5, 5.41) is 3.89. The van der Waals surface area contributed by atoms with Crippen molar-refractivity contribution in [2.45, 2.75) is 26.3 Å². The molecule has 0 aliphatic heterocycles. The minimum absolute atomic E-state index is 0.697. The minimum atomic E-state index is 0.697. The van der Waals surface area contributed by atoms with Gasteiger partial charge in [-0.2, -0.15) is 4.98 Å². The predicted molar refractivity (Wildman–Crippen MR) is 70.2 cm³/mol. The molecular formula is C14H19N3O. The van der Waals surface area contributed by atoms with Gasteiger partial charge in [0.05, 0.1) is 6.54 Å². The van der Waals surface area contributed by atoms with Gasteiger partial charge < -0.3 is 4.52 Å². The van der Waals surface area contributed by atoms with Crippen LogP contribution in [-0.4, -0.2) is 28.6 Å². The van der Waals surface area contributed by atoms with E-state index in [4.69, 9.17) is 4.52 Å². The van der Waals surface area contributed by atoms with Crippen molar-refractivity contribution < 1.29 is 4.52 Å². The predicted octanol–water partition coefficient (Wildman–Crippen LogP) is 2.31. The molecule has 0 aliphatic carbocycles. The van der Waals surface area contributed by atoms with E-state index >= 15 is 0 Å². The zero-order valence-corrected chi connectivity index (χ0v) is 11.0. The summed E-state index contributed by atoms with van der Waals surface area (Å²) in [4.78, 5) is 6.50. The number of rotatable bonds is 6. The molecule has 0 atom stereocenters. The van der Waals surface area contributed by atoms with Crippen molar-refractivity contribution in [3.05, 3.63) is 47.6 Å². The zero-order valence-electron chi connectivity index (χ0n) is 11.0. The molecule has 18 heavy (non-hydrogen) atoms. The highest BCUT2D eigenvalue weighted by atomic mass is 16.5. The lowest BCUT2D eigenvalue weighted by Gasteiger charge is -2.13. The third-order valence-electron chi connectivity index (χ3n) is 2.86. The van der Waals surface area contributed by atoms with E-state index in [1.807, 2.05) is 13.0 Å². The van der Waals surface area contributed by atoms with Crippen LogP contribution in [0.2, 0.25) is 0 Å². The van der Waals surface area contributed by atoms with E-state index in [1.165, 1.54) is 5.56 Å². The van der Waals surface area contributed by atoms with E-state index in [0.29, 0.717) is 12.4 Å². The van der Waals surface area contributed by atoms with Gasteiger partial charge in [-0.05, 0) is 19.0 Å². The molecule has 2 rings (SSSR count). The van der Waals surface area contributed by atoms with Crippen LogP contribution in [0.1, 0.15) is 24.2 Å². The Morgan fingerprint density at radius 3 is 2.67 bits per heavy atom. The maximum Gasteiger partial charge on any atom is 0.240 e. The van der Waals surface area contributed by atoms with Crippen molar-refractivity contribution in [1.29, 1.82) is 0 Å². The Morgan fingerprint density at radius 1 is 1.22 bits per heavy atom. The van der Waals surface area contributed by atoms with E-state index in [9.17, 15) is 0 Å². The van der Waals surface area contributed by atoms with Gasteiger partial charge in [0.25, 0.3) is 0 Å². The Hall–Kier alpha value is -1.68. The zero-order chi connectivity index (χ0) is 12.8. The van der Waals surface area contributed by atoms with E-state index in [0.717, 1.165) is 25.2 Å². The Labute approximate surface area is 108 Å². The minimum Gasteiger partial charge on any atom is -0.338 e. The summed E-state index contributed by atoms with van der Waals surface area (Å²) in [7, 11) is 2.07. The summed E-state index contributed by atoms with van der Waals surface area (Å²) in [5.74, 6) is 1.48. The van der Waals surface area contributed by atoms with E-state index in [-0.39, 0.29) is 0 Å². The molecule has 1 aromatic carbocycles. The summed E-state index contributed by atoms with van der Waals surface area (Å²) < 4.78 is 5.18. The Bertz CT molecular complexity index is 467. The number of aryl methyl sites for hydroxylation is 1. The van der Waals surface area contributed by atoms with Crippen LogP contribution in [0.25, 0.3) is 0 Å². The second-order valence-electron chi connectivity index (χ2n) is 4.43. The maximum absolute atomic E-state index is 5.18. The molecule has 0 N–H and O–H groups in total. The average Bonchev–Trinajstić information content (AvgIpc) is 2.85. The van der Waals surface area contributed by atoms with Crippen LogP contribution in [0, 0.1) is 0 Å². The van der Waals surface area contributed by atoms with Gasteiger partial charge >= 0.3 is 0 Å². The lowest BCUT2D eigenvalue weighted by molar-refractivity contribution is 0.268. The van der Waals surface area contributed by atoms with Crippen molar-refractivity contribution in [1.82, 2.24) is 15.0 Å². The third-order valence-corrected chi connectivity index (χ3v) is 2.86. The summed E-state index contributed by atoms with van der Waals surface area (Å²) in [6.45, 7) is 3.71. The number of hydrogen-bond acceptors (Lipinski definition) is 4. The molecule has 4 nitrogen and oxygen atoms in total. The molecule has 0 spiro atoms. The van der Waals surface area contributed by atoms with Gasteiger partial charge in [0.2, 0.25) is 5.89 Å². The van der Waals surface area contributed by atoms with Crippen molar-refractivity contribution in [2.75, 3.05) is 13.6 Å². The summed E-state index contributed by atoms with van der Waals surface area (Å²) in [6, 6.07) is 10.5. The molecule has 0 fully saturated rings. The first kappa shape index (κ1) is 12.8. The molecule has 0 amide bonds. The average molecular weight is 245 g/mol. The first-order valence-electron chi connectivity index (χ1n) is 6.32. The van der Waals surface area contributed by atoms with Crippen molar-refractivity contribution in [3.63, 3.8) is 0 Å². The molecule has 0 saturated carbocycles. The highest BCUT2D eigenvalue weighted by molar-refractivity contribution is 5.14. The van der Waals surface area contributed by atoms with Gasteiger partial charge in [-0.1, -0.05) is 42.4 Å². The SMILES string of the molecule is CCc1noc(CN(C)CCc2ccccc2)n1. The van der Waals surface area contributed by atoms with Crippen LogP contribution in [-0.2, 0) is 19.4 Å². The fraction of sp³-hybridized carbons (Fsp3) is 0.429. The van der Waals surface area contributed by atoms with Crippen LogP contribution in [0.5, 0.6) is 0 Å². The number of nitrogens with zero attached hydrogens (tertiary/aromatic N) is 3. The molecule has 0 aliphatic rings. The second kappa shape index (κ2) is 6.31. The highest BCUT2D eigenvalue weighted by Gasteiger charge is 2.07. The summed E-state index contributed by atoms with van der Waals surface area (Å²) >= 11 is 0. The smallest absolute Gasteiger partial charge is 0.240 e. The van der Waals surface area contributed by atoms with Gasteiger partial charge in [0, 0.05) is 13.0 Å². The van der Waals surface area contributed by atoms with Gasteiger partial charge in [0.15, 0.2) is 5.82 Å². The topological polar surface area (TPSA) is 42.2 Å². The van der Waals surface area contributed by atoms with Crippen molar-refractivity contribution in [3.8, 4) is 0 Å². The van der Waals surface area contributed by atoms with Crippen LogP contribution in [0.15, 0.2) is 34.9 Å². The van der Waals surface area contributed by atoms with Crippen LogP contribution < -0.4 is 0 Å². The standard InChI is InChI=1S/C14H19N3O/c1-3-13-15-14(18-16-13)11-17(2)10-9-12-7-5-4-6-8-12/h4-8H,3,9-11H2,1-2H3. The monoisotopic (exact) mass is 245 g/mol.